The average Bonchev–Trinajstić information content (AvgIpc) is 3.06. The number of esters is 1. The van der Waals surface area contributed by atoms with Gasteiger partial charge in [0.25, 0.3) is 0 Å². The van der Waals surface area contributed by atoms with Gasteiger partial charge >= 0.3 is 5.97 Å². The summed E-state index contributed by atoms with van der Waals surface area (Å²) in [4.78, 5) is 13.0. The predicted octanol–water partition coefficient (Wildman–Crippen LogP) is 5.59. The van der Waals surface area contributed by atoms with E-state index in [1.807, 2.05) is 13.8 Å². The first-order valence-electron chi connectivity index (χ1n) is 21.5. The Morgan fingerprint density at radius 1 is 0.509 bits per heavy atom. The van der Waals surface area contributed by atoms with Crippen LogP contribution in [0, 0.1) is 11.8 Å². The number of unbranched alkanes of at least 4 members (excludes halogenated alkanes) is 1. The molecular weight excluding hydrogens is 680 g/mol. The molecule has 53 heavy (non-hydrogen) atoms. The second-order valence-corrected chi connectivity index (χ2v) is 16.9. The highest BCUT2D eigenvalue weighted by Crippen LogP contribution is 2.25. The van der Waals surface area contributed by atoms with Crippen molar-refractivity contribution in [2.75, 3.05) is 0 Å². The number of aliphatic hydroxyl groups excluding tert-OH is 9. The van der Waals surface area contributed by atoms with E-state index < -0.39 is 61.0 Å². The minimum Gasteiger partial charge on any atom is -0.462 e. The quantitative estimate of drug-likeness (QED) is 0.161. The summed E-state index contributed by atoms with van der Waals surface area (Å²) in [5.74, 6) is -0.367. The number of hydrogen-bond acceptors (Lipinski definition) is 11. The smallest absolute Gasteiger partial charge is 0.306 e. The molecule has 0 radical (unpaired) electrons. The number of ether oxygens (including phenoxy) is 1. The topological polar surface area (TPSA) is 208 Å². The number of rotatable bonds is 4. The van der Waals surface area contributed by atoms with E-state index in [4.69, 9.17) is 4.74 Å². The summed E-state index contributed by atoms with van der Waals surface area (Å²) < 4.78 is 5.94. The summed E-state index contributed by atoms with van der Waals surface area (Å²) in [5, 5.41) is 94.4. The lowest BCUT2D eigenvalue weighted by atomic mass is 9.91. The van der Waals surface area contributed by atoms with E-state index in [0.717, 1.165) is 19.3 Å². The van der Waals surface area contributed by atoms with Gasteiger partial charge in [0, 0.05) is 12.8 Å². The molecule has 0 saturated carbocycles. The molecule has 1 saturated heterocycles. The molecule has 1 aliphatic heterocycles. The van der Waals surface area contributed by atoms with Crippen molar-refractivity contribution in [3.05, 3.63) is 0 Å². The minimum atomic E-state index is -0.867. The van der Waals surface area contributed by atoms with Crippen LogP contribution in [0.5, 0.6) is 0 Å². The van der Waals surface area contributed by atoms with E-state index in [1.165, 1.54) is 0 Å². The van der Waals surface area contributed by atoms with E-state index >= 15 is 0 Å². The second-order valence-electron chi connectivity index (χ2n) is 16.9. The van der Waals surface area contributed by atoms with Crippen LogP contribution >= 0.6 is 0 Å². The molecule has 0 amide bonds. The monoisotopic (exact) mass is 763 g/mol. The van der Waals surface area contributed by atoms with E-state index in [0.29, 0.717) is 128 Å². The average molecular weight is 763 g/mol. The lowest BCUT2D eigenvalue weighted by Gasteiger charge is -2.27. The van der Waals surface area contributed by atoms with Crippen molar-refractivity contribution in [3.8, 4) is 0 Å². The van der Waals surface area contributed by atoms with Gasteiger partial charge in [-0.05, 0) is 153 Å². The Kier molecular flexibility index (Phi) is 28.6. The van der Waals surface area contributed by atoms with Crippen molar-refractivity contribution in [3.63, 3.8) is 0 Å². The molecule has 1 rings (SSSR count). The summed E-state index contributed by atoms with van der Waals surface area (Å²) in [6.45, 7) is 6.06. The van der Waals surface area contributed by atoms with Gasteiger partial charge in [-0.3, -0.25) is 4.79 Å². The maximum atomic E-state index is 13.0. The Labute approximate surface area is 321 Å². The number of carbonyl (C=O) groups is 1. The largest absolute Gasteiger partial charge is 0.462 e. The summed E-state index contributed by atoms with van der Waals surface area (Å²) in [7, 11) is 0. The van der Waals surface area contributed by atoms with Gasteiger partial charge in [-0.15, -0.1) is 0 Å². The zero-order valence-corrected chi connectivity index (χ0v) is 33.7. The van der Waals surface area contributed by atoms with Crippen LogP contribution in [0.15, 0.2) is 0 Å². The third-order valence-corrected chi connectivity index (χ3v) is 11.2. The molecule has 9 N–H and O–H groups in total. The molecule has 0 bridgehead atoms. The first-order chi connectivity index (χ1) is 25.2. The van der Waals surface area contributed by atoms with Crippen molar-refractivity contribution in [2.24, 2.45) is 11.8 Å². The molecule has 0 aliphatic carbocycles. The zero-order chi connectivity index (χ0) is 39.6. The van der Waals surface area contributed by atoms with Crippen molar-refractivity contribution < 1.29 is 55.5 Å². The van der Waals surface area contributed by atoms with Gasteiger partial charge < -0.3 is 50.7 Å². The molecule has 316 valence electrons. The zero-order valence-electron chi connectivity index (χ0n) is 33.7. The third-order valence-electron chi connectivity index (χ3n) is 11.2. The third kappa shape index (κ3) is 27.4. The number of aliphatic hydroxyl groups is 9. The van der Waals surface area contributed by atoms with Gasteiger partial charge in [0.15, 0.2) is 0 Å². The molecule has 0 aromatic carbocycles. The van der Waals surface area contributed by atoms with Crippen LogP contribution < -0.4 is 0 Å². The molecule has 12 atom stereocenters. The maximum absolute atomic E-state index is 13.0. The van der Waals surface area contributed by atoms with Gasteiger partial charge in [0.1, 0.15) is 6.10 Å². The van der Waals surface area contributed by atoms with E-state index in [2.05, 4.69) is 6.92 Å². The van der Waals surface area contributed by atoms with E-state index in [9.17, 15) is 50.8 Å². The van der Waals surface area contributed by atoms with Gasteiger partial charge in [-0.25, -0.2) is 0 Å². The maximum Gasteiger partial charge on any atom is 0.306 e. The molecule has 1 fully saturated rings. The van der Waals surface area contributed by atoms with Crippen LogP contribution in [0.2, 0.25) is 0 Å². The lowest BCUT2D eigenvalue weighted by Crippen LogP contribution is -2.30. The van der Waals surface area contributed by atoms with Gasteiger partial charge in [0.05, 0.1) is 54.9 Å². The number of cyclic esters (lactones) is 1. The van der Waals surface area contributed by atoms with Crippen LogP contribution in [0.3, 0.4) is 0 Å². The fourth-order valence-corrected chi connectivity index (χ4v) is 7.73. The van der Waals surface area contributed by atoms with Gasteiger partial charge in [-0.2, -0.15) is 0 Å². The molecule has 0 spiro atoms. The Morgan fingerprint density at radius 3 is 1.19 bits per heavy atom. The second kappa shape index (κ2) is 30.3. The first kappa shape index (κ1) is 50.1. The van der Waals surface area contributed by atoms with E-state index in [1.54, 1.807) is 0 Å². The molecule has 1 heterocycles. The van der Waals surface area contributed by atoms with Crippen LogP contribution in [0.4, 0.5) is 0 Å². The Balaban J connectivity index is 2.75. The highest BCUT2D eigenvalue weighted by atomic mass is 16.5. The first-order valence-corrected chi connectivity index (χ1v) is 21.5. The van der Waals surface area contributed by atoms with Crippen LogP contribution in [-0.4, -0.2) is 113 Å². The Bertz CT molecular complexity index is 878. The fourth-order valence-electron chi connectivity index (χ4n) is 7.73. The van der Waals surface area contributed by atoms with Crippen molar-refractivity contribution in [2.45, 2.75) is 249 Å². The van der Waals surface area contributed by atoms with Crippen LogP contribution in [0.1, 0.15) is 188 Å². The van der Waals surface area contributed by atoms with Gasteiger partial charge in [-0.1, -0.05) is 33.6 Å². The summed E-state index contributed by atoms with van der Waals surface area (Å²) >= 11 is 0. The summed E-state index contributed by atoms with van der Waals surface area (Å²) in [6, 6.07) is 0. The molecule has 1 aliphatic rings. The predicted molar refractivity (Wildman–Crippen MR) is 208 cm³/mol. The molecule has 0 aromatic rings. The van der Waals surface area contributed by atoms with Crippen LogP contribution in [0.25, 0.3) is 0 Å². The lowest BCUT2D eigenvalue weighted by molar-refractivity contribution is -0.154. The fraction of sp³-hybridized carbons (Fsp3) is 0.976. The molecule has 11 heteroatoms. The summed E-state index contributed by atoms with van der Waals surface area (Å²) in [5.41, 5.74) is 0. The summed E-state index contributed by atoms with van der Waals surface area (Å²) in [6.07, 6.45) is 8.12. The number of hydrogen-bond donors (Lipinski definition) is 9. The van der Waals surface area contributed by atoms with Gasteiger partial charge in [0.2, 0.25) is 0 Å². The molecule has 11 nitrogen and oxygen atoms in total. The normalized spacial score (nSPS) is 36.2. The molecule has 0 unspecified atom stereocenters. The molecule has 0 aromatic heterocycles. The van der Waals surface area contributed by atoms with E-state index in [-0.39, 0.29) is 37.1 Å². The van der Waals surface area contributed by atoms with Crippen LogP contribution in [-0.2, 0) is 9.53 Å². The van der Waals surface area contributed by atoms with Crippen molar-refractivity contribution in [1.29, 1.82) is 0 Å². The highest BCUT2D eigenvalue weighted by molar-refractivity contribution is 5.69. The minimum absolute atomic E-state index is 0.0689. The van der Waals surface area contributed by atoms with Crippen molar-refractivity contribution in [1.82, 2.24) is 0 Å². The number of carbonyl (C=O) groups excluding carboxylic acids is 1. The Hall–Kier alpha value is -0.890. The Morgan fingerprint density at radius 2 is 0.830 bits per heavy atom. The standard InChI is InChI=1S/C42H82O11/c1-4-5-12-31(3)41-29-39(50)24-11-23-38(49)28-40(51)27-37(48)22-10-20-35(46)18-8-16-33(44)14-6-13-32(43)15-7-17-34(45)19-9-21-36(47)25-30(2)26-42(52)53-41/h30-41,43-51H,4-29H2,1-3H3/t30-,31+,32+,33+,34-,35-,36-,37+,38+,39+,40+,41-/m1/s1. The SMILES string of the molecule is CCCC[C@H](C)[C@H]1C[C@@H](O)CCC[C@H](O)C[C@@H](O)C[C@@H](O)CCC[C@H](O)CCC[C@@H](O)CCC[C@H](O)CCC[C@@H](O)CCC[C@@H](O)C[C@@H](C)CC(=O)O1. The highest BCUT2D eigenvalue weighted by Gasteiger charge is 2.26. The molecular formula is C42H82O11. The van der Waals surface area contributed by atoms with Crippen molar-refractivity contribution >= 4 is 5.97 Å².